The van der Waals surface area contributed by atoms with E-state index in [1.54, 1.807) is 12.1 Å². The molecule has 1 aromatic rings. The van der Waals surface area contributed by atoms with Crippen molar-refractivity contribution in [1.29, 1.82) is 0 Å². The number of carbonyl (C=O) groups excluding carboxylic acids is 1. The van der Waals surface area contributed by atoms with E-state index < -0.39 is 4.92 Å². The maximum Gasteiger partial charge on any atom is 0.269 e. The number of unbranched alkanes of at least 4 members (excludes halogenated alkanes) is 14. The van der Waals surface area contributed by atoms with Crippen molar-refractivity contribution >= 4 is 22.6 Å². The summed E-state index contributed by atoms with van der Waals surface area (Å²) in [5.41, 5.74) is 0.0595. The van der Waals surface area contributed by atoms with Gasteiger partial charge in [0, 0.05) is 23.4 Å². The topological polar surface area (TPSA) is 60.2 Å². The third-order valence-electron chi connectivity index (χ3n) is 5.26. The molecule has 0 aromatic heterocycles. The van der Waals surface area contributed by atoms with Crippen LogP contribution in [0.3, 0.4) is 0 Å². The lowest BCUT2D eigenvalue weighted by Crippen LogP contribution is -1.92. The van der Waals surface area contributed by atoms with Crippen LogP contribution in [-0.2, 0) is 4.79 Å². The number of hydrogen-bond donors (Lipinski definition) is 0. The Balaban J connectivity index is 1.88. The smallest absolute Gasteiger partial charge is 0.269 e. The minimum atomic E-state index is -0.425. The fraction of sp³-hybridized carbons (Fsp3) is 0.708. The molecule has 0 spiro atoms. The molecule has 0 bridgehead atoms. The lowest BCUT2D eigenvalue weighted by molar-refractivity contribution is -0.384. The van der Waals surface area contributed by atoms with Crippen LogP contribution >= 0.6 is 11.8 Å². The zero-order valence-electron chi connectivity index (χ0n) is 18.2. The van der Waals surface area contributed by atoms with Crippen LogP contribution in [-0.4, -0.2) is 10.0 Å². The van der Waals surface area contributed by atoms with E-state index in [9.17, 15) is 14.9 Å². The lowest BCUT2D eigenvalue weighted by Gasteiger charge is -2.04. The van der Waals surface area contributed by atoms with Gasteiger partial charge in [0.25, 0.3) is 5.69 Å². The first-order valence-electron chi connectivity index (χ1n) is 11.6. The van der Waals surface area contributed by atoms with Gasteiger partial charge in [-0.05, 0) is 18.6 Å². The Hall–Kier alpha value is -1.36. The van der Waals surface area contributed by atoms with Crippen LogP contribution in [0.5, 0.6) is 0 Å². The van der Waals surface area contributed by atoms with Crippen LogP contribution in [0.25, 0.3) is 0 Å². The van der Waals surface area contributed by atoms with Crippen molar-refractivity contribution in [3.05, 3.63) is 34.4 Å². The van der Waals surface area contributed by atoms with Crippen LogP contribution in [0.4, 0.5) is 5.69 Å². The number of carbonyl (C=O) groups is 1. The molecule has 1 rings (SSSR count). The second-order valence-electron chi connectivity index (χ2n) is 7.92. The van der Waals surface area contributed by atoms with E-state index in [0.717, 1.165) is 17.7 Å². The summed E-state index contributed by atoms with van der Waals surface area (Å²) in [5, 5.41) is 10.8. The molecule has 0 aliphatic rings. The van der Waals surface area contributed by atoms with Crippen LogP contribution in [0.1, 0.15) is 110 Å². The van der Waals surface area contributed by atoms with Gasteiger partial charge in [0.05, 0.1) is 4.92 Å². The van der Waals surface area contributed by atoms with E-state index in [-0.39, 0.29) is 10.8 Å². The molecule has 0 radical (unpaired) electrons. The van der Waals surface area contributed by atoms with Gasteiger partial charge in [-0.25, -0.2) is 0 Å². The summed E-state index contributed by atoms with van der Waals surface area (Å²) in [6.07, 6.45) is 20.4. The van der Waals surface area contributed by atoms with Crippen molar-refractivity contribution in [3.63, 3.8) is 0 Å². The SMILES string of the molecule is CCCCCCCCCCCCCCCCCC(=O)Sc1ccc([N+](=O)[O-])cc1. The molecule has 1 aromatic carbocycles. The minimum absolute atomic E-state index is 0.0595. The zero-order valence-corrected chi connectivity index (χ0v) is 19.0. The third kappa shape index (κ3) is 14.3. The van der Waals surface area contributed by atoms with E-state index in [0.29, 0.717) is 6.42 Å². The summed E-state index contributed by atoms with van der Waals surface area (Å²) in [6, 6.07) is 6.19. The van der Waals surface area contributed by atoms with Crippen molar-refractivity contribution in [1.82, 2.24) is 0 Å². The van der Waals surface area contributed by atoms with Gasteiger partial charge < -0.3 is 0 Å². The minimum Gasteiger partial charge on any atom is -0.287 e. The van der Waals surface area contributed by atoms with E-state index >= 15 is 0 Å². The predicted octanol–water partition coefficient (Wildman–Crippen LogP) is 8.48. The number of thioether (sulfide) groups is 1. The molecular weight excluding hydrogens is 382 g/mol. The first kappa shape index (κ1) is 25.7. The summed E-state index contributed by atoms with van der Waals surface area (Å²) < 4.78 is 0. The molecule has 0 N–H and O–H groups in total. The average Bonchev–Trinajstić information content (AvgIpc) is 2.71. The van der Waals surface area contributed by atoms with E-state index in [1.165, 1.54) is 107 Å². The Morgan fingerprint density at radius 1 is 0.759 bits per heavy atom. The summed E-state index contributed by atoms with van der Waals surface area (Å²) >= 11 is 1.19. The Kier molecular flexibility index (Phi) is 15.5. The summed E-state index contributed by atoms with van der Waals surface area (Å²) in [4.78, 5) is 23.0. The second kappa shape index (κ2) is 17.5. The van der Waals surface area contributed by atoms with Gasteiger partial charge in [0.15, 0.2) is 5.12 Å². The lowest BCUT2D eigenvalue weighted by atomic mass is 10.0. The fourth-order valence-corrected chi connectivity index (χ4v) is 4.24. The van der Waals surface area contributed by atoms with Crippen molar-refractivity contribution in [2.45, 2.75) is 115 Å². The van der Waals surface area contributed by atoms with E-state index in [1.807, 2.05) is 0 Å². The quantitative estimate of drug-likeness (QED) is 0.103. The highest BCUT2D eigenvalue weighted by atomic mass is 32.2. The molecule has 0 saturated carbocycles. The highest BCUT2D eigenvalue weighted by Gasteiger charge is 2.08. The summed E-state index contributed by atoms with van der Waals surface area (Å²) in [6.45, 7) is 2.27. The van der Waals surface area contributed by atoms with Crippen LogP contribution in [0.15, 0.2) is 29.2 Å². The van der Waals surface area contributed by atoms with Crippen molar-refractivity contribution in [3.8, 4) is 0 Å². The molecule has 0 saturated heterocycles. The van der Waals surface area contributed by atoms with Crippen LogP contribution in [0, 0.1) is 10.1 Å². The standard InChI is InChI=1S/C24H39NO3S/c1-2-3-4-5-6-7-8-9-10-11-12-13-14-15-16-17-24(26)29-23-20-18-22(19-21-23)25(27)28/h18-21H,2-17H2,1H3. The number of nitro groups is 1. The van der Waals surface area contributed by atoms with Crippen LogP contribution in [0.2, 0.25) is 0 Å². The third-order valence-corrected chi connectivity index (χ3v) is 6.20. The molecular formula is C24H39NO3S. The Morgan fingerprint density at radius 3 is 1.59 bits per heavy atom. The van der Waals surface area contributed by atoms with Crippen molar-refractivity contribution < 1.29 is 9.72 Å². The van der Waals surface area contributed by atoms with Gasteiger partial charge in [-0.2, -0.15) is 0 Å². The summed E-state index contributed by atoms with van der Waals surface area (Å²) in [5.74, 6) is 0. The van der Waals surface area contributed by atoms with Crippen molar-refractivity contribution in [2.75, 3.05) is 0 Å². The first-order valence-corrected chi connectivity index (χ1v) is 12.4. The molecule has 0 unspecified atom stereocenters. The maximum atomic E-state index is 12.0. The molecule has 0 heterocycles. The summed E-state index contributed by atoms with van der Waals surface area (Å²) in [7, 11) is 0. The van der Waals surface area contributed by atoms with E-state index in [2.05, 4.69) is 6.92 Å². The zero-order chi connectivity index (χ0) is 21.2. The fourth-order valence-electron chi connectivity index (χ4n) is 3.46. The number of nitro benzene ring substituents is 1. The predicted molar refractivity (Wildman–Crippen MR) is 124 cm³/mol. The Morgan fingerprint density at radius 2 is 1.17 bits per heavy atom. The number of nitrogens with zero attached hydrogens (tertiary/aromatic N) is 1. The Labute approximate surface area is 181 Å². The number of non-ortho nitro benzene ring substituents is 1. The normalized spacial score (nSPS) is 10.9. The molecule has 0 fully saturated rings. The first-order chi connectivity index (χ1) is 14.1. The van der Waals surface area contributed by atoms with Gasteiger partial charge in [-0.15, -0.1) is 0 Å². The molecule has 4 nitrogen and oxygen atoms in total. The molecule has 0 amide bonds. The number of hydrogen-bond acceptors (Lipinski definition) is 4. The largest absolute Gasteiger partial charge is 0.287 e. The molecule has 0 aliphatic carbocycles. The molecule has 0 aliphatic heterocycles. The van der Waals surface area contributed by atoms with Gasteiger partial charge in [-0.3, -0.25) is 14.9 Å². The van der Waals surface area contributed by atoms with E-state index in [4.69, 9.17) is 0 Å². The molecule has 0 atom stereocenters. The number of benzene rings is 1. The van der Waals surface area contributed by atoms with Gasteiger partial charge >= 0.3 is 0 Å². The van der Waals surface area contributed by atoms with Gasteiger partial charge in [0.1, 0.15) is 0 Å². The highest BCUT2D eigenvalue weighted by molar-refractivity contribution is 8.13. The van der Waals surface area contributed by atoms with Crippen LogP contribution < -0.4 is 0 Å². The Bertz CT molecular complexity index is 560. The molecule has 5 heteroatoms. The number of rotatable bonds is 18. The van der Waals surface area contributed by atoms with Crippen molar-refractivity contribution in [2.24, 2.45) is 0 Å². The highest BCUT2D eigenvalue weighted by Crippen LogP contribution is 2.24. The van der Waals surface area contributed by atoms with Gasteiger partial charge in [0.2, 0.25) is 0 Å². The monoisotopic (exact) mass is 421 g/mol. The average molecular weight is 422 g/mol. The molecule has 164 valence electrons. The maximum absolute atomic E-state index is 12.0. The second-order valence-corrected chi connectivity index (χ2v) is 9.06. The molecule has 29 heavy (non-hydrogen) atoms. The van der Waals surface area contributed by atoms with Gasteiger partial charge in [-0.1, -0.05) is 109 Å².